The Morgan fingerprint density at radius 3 is 2.00 bits per heavy atom. The molecule has 1 rings (SSSR count). The number of ether oxygens (including phenoxy) is 2. The van der Waals surface area contributed by atoms with Gasteiger partial charge >= 0.3 is 12.2 Å². The molecule has 1 aliphatic rings. The number of rotatable bonds is 4. The second kappa shape index (κ2) is 9.47. The highest BCUT2D eigenvalue weighted by molar-refractivity contribution is 5.79. The Kier molecular flexibility index (Phi) is 8.14. The summed E-state index contributed by atoms with van der Waals surface area (Å²) >= 11 is 0. The van der Waals surface area contributed by atoms with Crippen molar-refractivity contribution in [2.24, 2.45) is 5.92 Å². The van der Waals surface area contributed by atoms with Gasteiger partial charge in [0.25, 0.3) is 0 Å². The molecule has 0 radical (unpaired) electrons. The van der Waals surface area contributed by atoms with Crippen LogP contribution in [-0.4, -0.2) is 71.8 Å². The SMILES string of the molecule is CC(CN(C)C(=O)C1CCN(C(=O)OC(C)(C)C)CC1)NC(=O)OC(C)(C)C. The largest absolute Gasteiger partial charge is 0.444 e. The standard InChI is InChI=1S/C20H37N3O5/c1-14(21-17(25)27-19(2,3)4)13-22(8)16(24)15-9-11-23(12-10-15)18(26)28-20(5,6)7/h14-15H,9-13H2,1-8H3,(H,21,25). The van der Waals surface area contributed by atoms with E-state index in [1.165, 1.54) is 0 Å². The van der Waals surface area contributed by atoms with E-state index < -0.39 is 17.3 Å². The summed E-state index contributed by atoms with van der Waals surface area (Å²) in [7, 11) is 1.73. The van der Waals surface area contributed by atoms with Gasteiger partial charge in [0.1, 0.15) is 11.2 Å². The predicted molar refractivity (Wildman–Crippen MR) is 107 cm³/mol. The van der Waals surface area contributed by atoms with Crippen LogP contribution in [0.5, 0.6) is 0 Å². The molecule has 28 heavy (non-hydrogen) atoms. The number of alkyl carbamates (subject to hydrolysis) is 1. The van der Waals surface area contributed by atoms with E-state index in [9.17, 15) is 14.4 Å². The summed E-state index contributed by atoms with van der Waals surface area (Å²) in [6.07, 6.45) is 0.389. The van der Waals surface area contributed by atoms with Gasteiger partial charge < -0.3 is 24.6 Å². The van der Waals surface area contributed by atoms with Gasteiger partial charge in [0.2, 0.25) is 5.91 Å². The van der Waals surface area contributed by atoms with Crippen molar-refractivity contribution in [3.05, 3.63) is 0 Å². The van der Waals surface area contributed by atoms with Gasteiger partial charge in [-0.2, -0.15) is 0 Å². The monoisotopic (exact) mass is 399 g/mol. The van der Waals surface area contributed by atoms with Crippen LogP contribution in [0.2, 0.25) is 0 Å². The van der Waals surface area contributed by atoms with Gasteiger partial charge in [-0.1, -0.05) is 0 Å². The number of hydrogen-bond acceptors (Lipinski definition) is 5. The lowest BCUT2D eigenvalue weighted by Crippen LogP contribution is -2.48. The zero-order valence-electron chi connectivity index (χ0n) is 18.6. The number of carbonyl (C=O) groups is 3. The van der Waals surface area contributed by atoms with Crippen molar-refractivity contribution >= 4 is 18.1 Å². The van der Waals surface area contributed by atoms with Crippen LogP contribution in [-0.2, 0) is 14.3 Å². The normalized spacial score (nSPS) is 16.9. The van der Waals surface area contributed by atoms with Crippen LogP contribution in [0.15, 0.2) is 0 Å². The molecule has 8 nitrogen and oxygen atoms in total. The van der Waals surface area contributed by atoms with Gasteiger partial charge in [0.05, 0.1) is 0 Å². The van der Waals surface area contributed by atoms with E-state index >= 15 is 0 Å². The molecule has 0 aliphatic carbocycles. The third-order valence-corrected chi connectivity index (χ3v) is 4.18. The molecule has 0 spiro atoms. The Hall–Kier alpha value is -1.99. The Balaban J connectivity index is 2.44. The Bertz CT molecular complexity index is 557. The third-order valence-electron chi connectivity index (χ3n) is 4.18. The van der Waals surface area contributed by atoms with Crippen LogP contribution in [0.3, 0.4) is 0 Å². The molecule has 1 heterocycles. The van der Waals surface area contributed by atoms with E-state index in [1.807, 2.05) is 27.7 Å². The van der Waals surface area contributed by atoms with Crippen molar-refractivity contribution in [1.82, 2.24) is 15.1 Å². The molecule has 1 fully saturated rings. The summed E-state index contributed by atoms with van der Waals surface area (Å²) < 4.78 is 10.6. The summed E-state index contributed by atoms with van der Waals surface area (Å²) in [6, 6.07) is -0.231. The van der Waals surface area contributed by atoms with Gasteiger partial charge in [-0.3, -0.25) is 4.79 Å². The van der Waals surface area contributed by atoms with E-state index in [-0.39, 0.29) is 24.0 Å². The van der Waals surface area contributed by atoms with Crippen LogP contribution < -0.4 is 5.32 Å². The lowest BCUT2D eigenvalue weighted by atomic mass is 9.95. The lowest BCUT2D eigenvalue weighted by molar-refractivity contribution is -0.136. The summed E-state index contributed by atoms with van der Waals surface area (Å²) in [5.74, 6) is -0.0981. The molecule has 1 saturated heterocycles. The highest BCUT2D eigenvalue weighted by atomic mass is 16.6. The van der Waals surface area contributed by atoms with Crippen LogP contribution >= 0.6 is 0 Å². The second-order valence-electron chi connectivity index (χ2n) is 9.51. The molecule has 1 unspecified atom stereocenters. The molecule has 1 atom stereocenters. The molecule has 0 saturated carbocycles. The number of likely N-dealkylation sites (tertiary alicyclic amines) is 1. The van der Waals surface area contributed by atoms with Crippen molar-refractivity contribution in [3.63, 3.8) is 0 Å². The molecule has 8 heteroatoms. The number of nitrogens with one attached hydrogen (secondary N) is 1. The van der Waals surface area contributed by atoms with Crippen LogP contribution in [0.4, 0.5) is 9.59 Å². The zero-order valence-corrected chi connectivity index (χ0v) is 18.6. The number of likely N-dealkylation sites (N-methyl/N-ethyl adjacent to an activating group) is 1. The van der Waals surface area contributed by atoms with Crippen molar-refractivity contribution in [2.45, 2.75) is 78.6 Å². The van der Waals surface area contributed by atoms with Crippen molar-refractivity contribution in [3.8, 4) is 0 Å². The number of carbonyl (C=O) groups excluding carboxylic acids is 3. The van der Waals surface area contributed by atoms with Crippen LogP contribution in [0.25, 0.3) is 0 Å². The number of piperidine rings is 1. The zero-order chi connectivity index (χ0) is 21.7. The average molecular weight is 400 g/mol. The summed E-state index contributed by atoms with van der Waals surface area (Å²) in [4.78, 5) is 40.0. The molecule has 1 aliphatic heterocycles. The predicted octanol–water partition coefficient (Wildman–Crippen LogP) is 3.01. The minimum Gasteiger partial charge on any atom is -0.444 e. The minimum atomic E-state index is -0.562. The first-order valence-electron chi connectivity index (χ1n) is 9.90. The number of hydrogen-bond donors (Lipinski definition) is 1. The molecule has 162 valence electrons. The van der Waals surface area contributed by atoms with Gasteiger partial charge in [0, 0.05) is 38.6 Å². The number of amides is 3. The van der Waals surface area contributed by atoms with Crippen molar-refractivity contribution < 1.29 is 23.9 Å². The first-order chi connectivity index (χ1) is 12.7. The lowest BCUT2D eigenvalue weighted by Gasteiger charge is -2.34. The minimum absolute atomic E-state index is 0.0293. The van der Waals surface area contributed by atoms with E-state index in [1.54, 1.807) is 37.6 Å². The second-order valence-corrected chi connectivity index (χ2v) is 9.51. The van der Waals surface area contributed by atoms with Gasteiger partial charge in [-0.25, -0.2) is 9.59 Å². The van der Waals surface area contributed by atoms with Crippen molar-refractivity contribution in [2.75, 3.05) is 26.7 Å². The van der Waals surface area contributed by atoms with Gasteiger partial charge in [-0.15, -0.1) is 0 Å². The quantitative estimate of drug-likeness (QED) is 0.785. The average Bonchev–Trinajstić information content (AvgIpc) is 2.50. The molecule has 0 aromatic heterocycles. The van der Waals surface area contributed by atoms with E-state index in [4.69, 9.17) is 9.47 Å². The summed E-state index contributed by atoms with van der Waals surface area (Å²) in [5.41, 5.74) is -1.09. The van der Waals surface area contributed by atoms with Crippen LogP contribution in [0, 0.1) is 5.92 Å². The smallest absolute Gasteiger partial charge is 0.410 e. The van der Waals surface area contributed by atoms with E-state index in [0.29, 0.717) is 32.5 Å². The van der Waals surface area contributed by atoms with E-state index in [0.717, 1.165) is 0 Å². The fourth-order valence-corrected chi connectivity index (χ4v) is 3.00. The Morgan fingerprint density at radius 2 is 1.54 bits per heavy atom. The van der Waals surface area contributed by atoms with Crippen LogP contribution in [0.1, 0.15) is 61.3 Å². The van der Waals surface area contributed by atoms with Gasteiger partial charge in [0.15, 0.2) is 0 Å². The van der Waals surface area contributed by atoms with E-state index in [2.05, 4.69) is 5.32 Å². The molecular weight excluding hydrogens is 362 g/mol. The number of nitrogens with zero attached hydrogens (tertiary/aromatic N) is 2. The molecule has 0 aromatic rings. The fraction of sp³-hybridized carbons (Fsp3) is 0.850. The summed E-state index contributed by atoms with van der Waals surface area (Å²) in [6.45, 7) is 14.1. The topological polar surface area (TPSA) is 88.2 Å². The van der Waals surface area contributed by atoms with Crippen molar-refractivity contribution in [1.29, 1.82) is 0 Å². The molecule has 0 aromatic carbocycles. The third kappa shape index (κ3) is 8.80. The Labute approximate surface area is 168 Å². The highest BCUT2D eigenvalue weighted by Crippen LogP contribution is 2.21. The maximum Gasteiger partial charge on any atom is 0.410 e. The molecule has 0 bridgehead atoms. The molecular formula is C20H37N3O5. The molecule has 1 N–H and O–H groups in total. The van der Waals surface area contributed by atoms with Gasteiger partial charge in [-0.05, 0) is 61.3 Å². The first kappa shape index (κ1) is 24.0. The maximum absolute atomic E-state index is 12.7. The molecule has 3 amide bonds. The summed E-state index contributed by atoms with van der Waals surface area (Å²) in [5, 5.41) is 2.74. The first-order valence-corrected chi connectivity index (χ1v) is 9.90. The highest BCUT2D eigenvalue weighted by Gasteiger charge is 2.31. The maximum atomic E-state index is 12.7. The Morgan fingerprint density at radius 1 is 1.04 bits per heavy atom. The fourth-order valence-electron chi connectivity index (χ4n) is 3.00.